The maximum absolute atomic E-state index is 12.6. The lowest BCUT2D eigenvalue weighted by Crippen LogP contribution is -2.51. The largest absolute Gasteiger partial charge is 0.375 e. The number of benzene rings is 2. The molecule has 0 saturated carbocycles. The minimum atomic E-state index is -0.160. The zero-order valence-corrected chi connectivity index (χ0v) is 19.4. The van der Waals surface area contributed by atoms with Crippen LogP contribution in [0.4, 0.5) is 0 Å². The Morgan fingerprint density at radius 1 is 1.06 bits per heavy atom. The number of aromatic nitrogens is 2. The summed E-state index contributed by atoms with van der Waals surface area (Å²) < 4.78 is 17.5. The number of ether oxygens (including phenoxy) is 2. The van der Waals surface area contributed by atoms with Gasteiger partial charge in [-0.15, -0.1) is 0 Å². The van der Waals surface area contributed by atoms with Gasteiger partial charge in [-0.2, -0.15) is 4.98 Å². The van der Waals surface area contributed by atoms with Gasteiger partial charge in [0.1, 0.15) is 6.61 Å². The Balaban J connectivity index is 1.10. The molecule has 2 aromatic carbocycles. The van der Waals surface area contributed by atoms with Gasteiger partial charge in [-0.25, -0.2) is 0 Å². The molecule has 0 N–H and O–H groups in total. The van der Waals surface area contributed by atoms with Crippen molar-refractivity contribution < 1.29 is 18.8 Å². The van der Waals surface area contributed by atoms with Crippen LogP contribution in [-0.2, 0) is 27.3 Å². The van der Waals surface area contributed by atoms with Gasteiger partial charge < -0.3 is 18.9 Å². The minimum Gasteiger partial charge on any atom is -0.375 e. The lowest BCUT2D eigenvalue weighted by atomic mass is 9.78. The summed E-state index contributed by atoms with van der Waals surface area (Å²) in [6.07, 6.45) is 4.42. The third kappa shape index (κ3) is 5.54. The van der Waals surface area contributed by atoms with Crippen LogP contribution < -0.4 is 0 Å². The summed E-state index contributed by atoms with van der Waals surface area (Å²) in [6.45, 7) is 2.72. The molecule has 5 rings (SSSR count). The van der Waals surface area contributed by atoms with Crippen LogP contribution in [0.15, 0.2) is 65.2 Å². The van der Waals surface area contributed by atoms with E-state index in [4.69, 9.17) is 14.0 Å². The highest BCUT2D eigenvalue weighted by Gasteiger charge is 2.41. The number of carbonyl (C=O) groups excluding carboxylic acids is 1. The summed E-state index contributed by atoms with van der Waals surface area (Å²) in [7, 11) is 0. The van der Waals surface area contributed by atoms with Gasteiger partial charge in [0.15, 0.2) is 0 Å². The van der Waals surface area contributed by atoms with E-state index in [0.29, 0.717) is 37.3 Å². The molecule has 2 aliphatic heterocycles. The molecule has 2 saturated heterocycles. The molecule has 1 aromatic heterocycles. The van der Waals surface area contributed by atoms with E-state index in [2.05, 4.69) is 10.1 Å². The molecule has 1 atom stereocenters. The van der Waals surface area contributed by atoms with Gasteiger partial charge in [-0.1, -0.05) is 65.8 Å². The van der Waals surface area contributed by atoms with Gasteiger partial charge >= 0.3 is 0 Å². The molecule has 3 aromatic rings. The van der Waals surface area contributed by atoms with Gasteiger partial charge in [0.25, 0.3) is 0 Å². The highest BCUT2D eigenvalue weighted by Crippen LogP contribution is 2.38. The Bertz CT molecular complexity index is 1060. The van der Waals surface area contributed by atoms with E-state index in [9.17, 15) is 4.79 Å². The lowest BCUT2D eigenvalue weighted by molar-refractivity contribution is -0.151. The van der Waals surface area contributed by atoms with Crippen LogP contribution in [0.3, 0.4) is 0 Å². The average molecular weight is 462 g/mol. The Morgan fingerprint density at radius 2 is 1.79 bits per heavy atom. The standard InChI is InChI=1S/C27H31N3O4/c31-25(20-32-19-21-7-3-1-4-8-21)30-14-12-27(13-15-30)18-22(11-16-33-27)17-24-28-26(29-34-24)23-9-5-2-6-10-23/h1-10,22H,11-20H2. The molecule has 7 nitrogen and oxygen atoms in total. The van der Waals surface area contributed by atoms with Crippen LogP contribution in [0.1, 0.15) is 37.1 Å². The van der Waals surface area contributed by atoms with Crippen LogP contribution in [0.25, 0.3) is 11.4 Å². The molecular weight excluding hydrogens is 430 g/mol. The van der Waals surface area contributed by atoms with E-state index >= 15 is 0 Å². The van der Waals surface area contributed by atoms with Crippen LogP contribution >= 0.6 is 0 Å². The molecule has 7 heteroatoms. The van der Waals surface area contributed by atoms with E-state index in [1.807, 2.05) is 65.6 Å². The van der Waals surface area contributed by atoms with Crippen LogP contribution in [0, 0.1) is 5.92 Å². The van der Waals surface area contributed by atoms with Gasteiger partial charge in [-0.3, -0.25) is 4.79 Å². The smallest absolute Gasteiger partial charge is 0.248 e. The summed E-state index contributed by atoms with van der Waals surface area (Å²) >= 11 is 0. The highest BCUT2D eigenvalue weighted by atomic mass is 16.5. The lowest BCUT2D eigenvalue weighted by Gasteiger charge is -2.46. The van der Waals surface area contributed by atoms with Crippen molar-refractivity contribution >= 4 is 5.91 Å². The number of carbonyl (C=O) groups is 1. The van der Waals surface area contributed by atoms with Gasteiger partial charge in [0, 0.05) is 31.7 Å². The number of rotatable bonds is 7. The fourth-order valence-corrected chi connectivity index (χ4v) is 5.03. The summed E-state index contributed by atoms with van der Waals surface area (Å²) in [5, 5.41) is 4.16. The zero-order valence-electron chi connectivity index (χ0n) is 19.4. The number of likely N-dealkylation sites (tertiary alicyclic amines) is 1. The van der Waals surface area contributed by atoms with Crippen LogP contribution in [0.2, 0.25) is 0 Å². The van der Waals surface area contributed by atoms with Crippen molar-refractivity contribution in [1.82, 2.24) is 15.0 Å². The summed E-state index contributed by atoms with van der Waals surface area (Å²) in [6, 6.07) is 19.8. The number of hydrogen-bond donors (Lipinski definition) is 0. The second-order valence-corrected chi connectivity index (χ2v) is 9.33. The number of piperidine rings is 1. The van der Waals surface area contributed by atoms with Crippen molar-refractivity contribution in [2.24, 2.45) is 5.92 Å². The topological polar surface area (TPSA) is 77.7 Å². The summed E-state index contributed by atoms with van der Waals surface area (Å²) in [5.74, 6) is 1.81. The van der Waals surface area contributed by atoms with Gasteiger partial charge in [-0.05, 0) is 37.2 Å². The summed E-state index contributed by atoms with van der Waals surface area (Å²) in [5.41, 5.74) is 1.88. The third-order valence-electron chi connectivity index (χ3n) is 6.92. The Morgan fingerprint density at radius 3 is 2.56 bits per heavy atom. The SMILES string of the molecule is O=C(COCc1ccccc1)N1CCC2(CC1)CC(Cc1nc(-c3ccccc3)no1)CCO2. The van der Waals surface area contributed by atoms with E-state index in [0.717, 1.165) is 49.8 Å². The Labute approximate surface area is 200 Å². The minimum absolute atomic E-state index is 0.0532. The Hall–Kier alpha value is -3.03. The van der Waals surface area contributed by atoms with Crippen LogP contribution in [0.5, 0.6) is 0 Å². The molecule has 2 fully saturated rings. The molecule has 3 heterocycles. The van der Waals surface area contributed by atoms with Crippen molar-refractivity contribution in [2.45, 2.75) is 44.3 Å². The normalized spacial score (nSPS) is 19.9. The molecule has 2 aliphatic rings. The first-order chi connectivity index (χ1) is 16.7. The summed E-state index contributed by atoms with van der Waals surface area (Å²) in [4.78, 5) is 19.1. The molecule has 178 valence electrons. The molecule has 1 spiro atoms. The molecule has 34 heavy (non-hydrogen) atoms. The fourth-order valence-electron chi connectivity index (χ4n) is 5.03. The highest BCUT2D eigenvalue weighted by molar-refractivity contribution is 5.77. The average Bonchev–Trinajstić information content (AvgIpc) is 3.34. The number of hydrogen-bond acceptors (Lipinski definition) is 6. The van der Waals surface area contributed by atoms with Gasteiger partial charge in [0.05, 0.1) is 12.2 Å². The third-order valence-corrected chi connectivity index (χ3v) is 6.92. The quantitative estimate of drug-likeness (QED) is 0.523. The predicted octanol–water partition coefficient (Wildman–Crippen LogP) is 4.28. The number of nitrogens with zero attached hydrogens (tertiary/aromatic N) is 3. The molecule has 0 radical (unpaired) electrons. The van der Waals surface area contributed by atoms with E-state index in [1.165, 1.54) is 0 Å². The molecular formula is C27H31N3O4. The molecule has 0 bridgehead atoms. The predicted molar refractivity (Wildman–Crippen MR) is 127 cm³/mol. The monoisotopic (exact) mass is 461 g/mol. The van der Waals surface area contributed by atoms with Crippen molar-refractivity contribution in [3.05, 3.63) is 72.1 Å². The van der Waals surface area contributed by atoms with Crippen molar-refractivity contribution in [3.8, 4) is 11.4 Å². The first-order valence-corrected chi connectivity index (χ1v) is 12.1. The maximum Gasteiger partial charge on any atom is 0.248 e. The maximum atomic E-state index is 12.6. The second kappa shape index (κ2) is 10.5. The molecule has 0 aliphatic carbocycles. The van der Waals surface area contributed by atoms with Gasteiger partial charge in [0.2, 0.25) is 17.6 Å². The van der Waals surface area contributed by atoms with Crippen molar-refractivity contribution in [1.29, 1.82) is 0 Å². The van der Waals surface area contributed by atoms with Crippen LogP contribution in [-0.4, -0.2) is 52.9 Å². The molecule has 1 amide bonds. The first-order valence-electron chi connectivity index (χ1n) is 12.1. The first kappa shape index (κ1) is 22.7. The van der Waals surface area contributed by atoms with E-state index in [-0.39, 0.29) is 18.1 Å². The Kier molecular flexibility index (Phi) is 7.02. The number of amides is 1. The van der Waals surface area contributed by atoms with E-state index < -0.39 is 0 Å². The fraction of sp³-hybridized carbons (Fsp3) is 0.444. The zero-order chi connectivity index (χ0) is 23.2. The van der Waals surface area contributed by atoms with E-state index in [1.54, 1.807) is 0 Å². The second-order valence-electron chi connectivity index (χ2n) is 9.33. The molecule has 1 unspecified atom stereocenters. The van der Waals surface area contributed by atoms with Crippen molar-refractivity contribution in [2.75, 3.05) is 26.3 Å². The van der Waals surface area contributed by atoms with Crippen molar-refractivity contribution in [3.63, 3.8) is 0 Å².